The van der Waals surface area contributed by atoms with Gasteiger partial charge in [0.05, 0.1) is 0 Å². The lowest BCUT2D eigenvalue weighted by Crippen LogP contribution is -2.50. The Labute approximate surface area is 106 Å². The zero-order chi connectivity index (χ0) is 13.9. The van der Waals surface area contributed by atoms with E-state index >= 15 is 0 Å². The maximum absolute atomic E-state index is 12.4. The molecule has 2 atom stereocenters. The average Bonchev–Trinajstić information content (AvgIpc) is 2.12. The van der Waals surface area contributed by atoms with Crippen molar-refractivity contribution in [3.8, 4) is 0 Å². The molecule has 1 fully saturated rings. The molecule has 1 N–H and O–H groups in total. The van der Waals surface area contributed by atoms with Gasteiger partial charge >= 0.3 is 6.18 Å². The van der Waals surface area contributed by atoms with E-state index in [9.17, 15) is 18.0 Å². The zero-order valence-electron chi connectivity index (χ0n) is 11.0. The maximum atomic E-state index is 12.4. The molecule has 0 aromatic rings. The summed E-state index contributed by atoms with van der Waals surface area (Å²) in [7, 11) is 1.79. The summed E-state index contributed by atoms with van der Waals surface area (Å²) >= 11 is 0. The van der Waals surface area contributed by atoms with Gasteiger partial charge in [-0.2, -0.15) is 13.2 Å². The van der Waals surface area contributed by atoms with Crippen LogP contribution < -0.4 is 5.32 Å². The number of nitrogens with zero attached hydrogens (tertiary/aromatic N) is 1. The molecule has 0 saturated carbocycles. The first-order valence-corrected chi connectivity index (χ1v) is 6.23. The summed E-state index contributed by atoms with van der Waals surface area (Å²) in [6.45, 7) is 4.60. The summed E-state index contributed by atoms with van der Waals surface area (Å²) < 4.78 is 37.1. The molecule has 0 spiro atoms. The van der Waals surface area contributed by atoms with Gasteiger partial charge in [0, 0.05) is 31.5 Å². The maximum Gasteiger partial charge on any atom is 0.389 e. The van der Waals surface area contributed by atoms with Crippen molar-refractivity contribution in [1.82, 2.24) is 10.2 Å². The average molecular weight is 266 g/mol. The fourth-order valence-corrected chi connectivity index (χ4v) is 2.39. The van der Waals surface area contributed by atoms with Crippen LogP contribution in [-0.2, 0) is 4.79 Å². The van der Waals surface area contributed by atoms with Crippen LogP contribution in [0.3, 0.4) is 0 Å². The lowest BCUT2D eigenvalue weighted by Gasteiger charge is -2.36. The Balaban J connectivity index is 2.53. The third kappa shape index (κ3) is 5.25. The summed E-state index contributed by atoms with van der Waals surface area (Å²) in [5, 5.41) is 2.82. The molecule has 1 aliphatic rings. The summed E-state index contributed by atoms with van der Waals surface area (Å²) in [6.07, 6.45) is -4.50. The van der Waals surface area contributed by atoms with Crippen LogP contribution in [0, 0.1) is 11.8 Å². The molecule has 2 unspecified atom stereocenters. The Hall–Kier alpha value is -0.780. The SMILES string of the molecule is CC(C)C(=O)NC1CC(CC(F)(F)F)CN(C)C1. The molecule has 1 aliphatic heterocycles. The first-order valence-electron chi connectivity index (χ1n) is 6.23. The van der Waals surface area contributed by atoms with Crippen molar-refractivity contribution < 1.29 is 18.0 Å². The van der Waals surface area contributed by atoms with Gasteiger partial charge < -0.3 is 10.2 Å². The fraction of sp³-hybridized carbons (Fsp3) is 0.917. The van der Waals surface area contributed by atoms with Crippen LogP contribution in [0.5, 0.6) is 0 Å². The molecule has 0 aromatic carbocycles. The van der Waals surface area contributed by atoms with E-state index in [1.165, 1.54) is 0 Å². The largest absolute Gasteiger partial charge is 0.389 e. The highest BCUT2D eigenvalue weighted by Crippen LogP contribution is 2.29. The van der Waals surface area contributed by atoms with Gasteiger partial charge in [0.1, 0.15) is 0 Å². The summed E-state index contributed by atoms with van der Waals surface area (Å²) in [4.78, 5) is 13.4. The molecule has 0 aromatic heterocycles. The minimum atomic E-state index is -4.13. The Morgan fingerprint density at radius 1 is 1.39 bits per heavy atom. The molecule has 3 nitrogen and oxygen atoms in total. The predicted molar refractivity (Wildman–Crippen MR) is 63.0 cm³/mol. The van der Waals surface area contributed by atoms with Crippen molar-refractivity contribution >= 4 is 5.91 Å². The van der Waals surface area contributed by atoms with E-state index in [4.69, 9.17) is 0 Å². The van der Waals surface area contributed by atoms with Crippen molar-refractivity contribution in [1.29, 1.82) is 0 Å². The number of rotatable bonds is 3. The molecule has 0 aliphatic carbocycles. The first-order chi connectivity index (χ1) is 8.17. The Morgan fingerprint density at radius 2 is 2.00 bits per heavy atom. The summed E-state index contributed by atoms with van der Waals surface area (Å²) in [5.74, 6) is -0.666. The number of amides is 1. The molecule has 1 heterocycles. The minimum Gasteiger partial charge on any atom is -0.352 e. The van der Waals surface area contributed by atoms with Crippen LogP contribution >= 0.6 is 0 Å². The molecular weight excluding hydrogens is 245 g/mol. The van der Waals surface area contributed by atoms with E-state index in [0.29, 0.717) is 19.5 Å². The number of halogens is 3. The molecule has 1 saturated heterocycles. The van der Waals surface area contributed by atoms with Crippen LogP contribution in [0.4, 0.5) is 13.2 Å². The van der Waals surface area contributed by atoms with Crippen molar-refractivity contribution in [2.45, 2.75) is 38.9 Å². The number of alkyl halides is 3. The third-order valence-electron chi connectivity index (χ3n) is 3.11. The normalized spacial score (nSPS) is 26.4. The number of hydrogen-bond donors (Lipinski definition) is 1. The van der Waals surface area contributed by atoms with Crippen LogP contribution in [0.1, 0.15) is 26.7 Å². The molecule has 18 heavy (non-hydrogen) atoms. The fourth-order valence-electron chi connectivity index (χ4n) is 2.39. The van der Waals surface area contributed by atoms with Crippen LogP contribution in [-0.4, -0.2) is 43.2 Å². The molecule has 0 bridgehead atoms. The van der Waals surface area contributed by atoms with Crippen molar-refractivity contribution in [2.75, 3.05) is 20.1 Å². The van der Waals surface area contributed by atoms with Gasteiger partial charge in [-0.1, -0.05) is 13.8 Å². The smallest absolute Gasteiger partial charge is 0.352 e. The summed E-state index contributed by atoms with van der Waals surface area (Å²) in [6, 6.07) is -0.175. The standard InChI is InChI=1S/C12H21F3N2O/c1-8(2)11(18)16-10-4-9(5-12(13,14)15)6-17(3)7-10/h8-10H,4-7H2,1-3H3,(H,16,18). The quantitative estimate of drug-likeness (QED) is 0.847. The van der Waals surface area contributed by atoms with E-state index in [1.54, 1.807) is 20.9 Å². The number of likely N-dealkylation sites (tertiary alicyclic amines) is 1. The molecule has 1 rings (SSSR count). The van der Waals surface area contributed by atoms with E-state index in [0.717, 1.165) is 0 Å². The highest BCUT2D eigenvalue weighted by Gasteiger charge is 2.36. The van der Waals surface area contributed by atoms with Crippen molar-refractivity contribution in [3.05, 3.63) is 0 Å². The molecule has 0 radical (unpaired) electrons. The third-order valence-corrected chi connectivity index (χ3v) is 3.11. The number of likely N-dealkylation sites (N-methyl/N-ethyl adjacent to an activating group) is 1. The Morgan fingerprint density at radius 3 is 2.50 bits per heavy atom. The van der Waals surface area contributed by atoms with Crippen molar-refractivity contribution in [3.63, 3.8) is 0 Å². The van der Waals surface area contributed by atoms with Gasteiger partial charge in [-0.05, 0) is 19.4 Å². The van der Waals surface area contributed by atoms with E-state index < -0.39 is 18.5 Å². The monoisotopic (exact) mass is 266 g/mol. The lowest BCUT2D eigenvalue weighted by atomic mass is 9.91. The molecular formula is C12H21F3N2O. The number of nitrogens with one attached hydrogen (secondary N) is 1. The number of hydrogen-bond acceptors (Lipinski definition) is 2. The second kappa shape index (κ2) is 5.91. The van der Waals surface area contributed by atoms with Gasteiger partial charge in [-0.3, -0.25) is 4.79 Å². The molecule has 6 heteroatoms. The van der Waals surface area contributed by atoms with Gasteiger partial charge in [0.15, 0.2) is 0 Å². The Kier molecular flexibility index (Phi) is 5.01. The second-order valence-corrected chi connectivity index (χ2v) is 5.50. The van der Waals surface area contributed by atoms with E-state index in [-0.39, 0.29) is 17.9 Å². The Bertz CT molecular complexity index is 292. The summed E-state index contributed by atoms with van der Waals surface area (Å²) in [5.41, 5.74) is 0. The minimum absolute atomic E-state index is 0.0962. The van der Waals surface area contributed by atoms with Gasteiger partial charge in [-0.15, -0.1) is 0 Å². The van der Waals surface area contributed by atoms with E-state index in [2.05, 4.69) is 5.32 Å². The lowest BCUT2D eigenvalue weighted by molar-refractivity contribution is -0.148. The first kappa shape index (κ1) is 15.3. The zero-order valence-corrected chi connectivity index (χ0v) is 11.0. The van der Waals surface area contributed by atoms with Crippen LogP contribution in [0.15, 0.2) is 0 Å². The van der Waals surface area contributed by atoms with Gasteiger partial charge in [0.2, 0.25) is 5.91 Å². The number of piperidine rings is 1. The van der Waals surface area contributed by atoms with E-state index in [1.807, 2.05) is 4.90 Å². The second-order valence-electron chi connectivity index (χ2n) is 5.50. The van der Waals surface area contributed by atoms with Crippen LogP contribution in [0.2, 0.25) is 0 Å². The number of carbonyl (C=O) groups excluding carboxylic acids is 1. The number of carbonyl (C=O) groups is 1. The highest BCUT2D eigenvalue weighted by molar-refractivity contribution is 5.78. The van der Waals surface area contributed by atoms with Gasteiger partial charge in [0.25, 0.3) is 0 Å². The highest BCUT2D eigenvalue weighted by atomic mass is 19.4. The molecule has 1 amide bonds. The molecule has 106 valence electrons. The predicted octanol–water partition coefficient (Wildman–Crippen LogP) is 2.03. The van der Waals surface area contributed by atoms with Crippen molar-refractivity contribution in [2.24, 2.45) is 11.8 Å². The van der Waals surface area contributed by atoms with Crippen LogP contribution in [0.25, 0.3) is 0 Å². The van der Waals surface area contributed by atoms with Gasteiger partial charge in [-0.25, -0.2) is 0 Å². The topological polar surface area (TPSA) is 32.3 Å².